The lowest BCUT2D eigenvalue weighted by atomic mass is 10.0. The maximum atomic E-state index is 11.2. The van der Waals surface area contributed by atoms with Crippen LogP contribution in [0.5, 0.6) is 0 Å². The number of hydrogen-bond donors (Lipinski definition) is 5. The fraction of sp³-hybridized carbons (Fsp3) is 0.750. The highest BCUT2D eigenvalue weighted by molar-refractivity contribution is 6.76. The molecule has 10 heteroatoms. The van der Waals surface area contributed by atoms with Gasteiger partial charge in [-0.15, -0.1) is 0 Å². The Bertz CT molecular complexity index is 297. The second-order valence-corrected chi connectivity index (χ2v) is 5.65. The molecule has 4 atom stereocenters. The molecule has 5 N–H and O–H groups in total. The number of aldehydes is 1. The molecule has 0 fully saturated rings. The minimum atomic E-state index is -2.35. The fourth-order valence-corrected chi connectivity index (χ4v) is 1.14. The maximum Gasteiger partial charge on any atom is 0.272 e. The first kappa shape index (κ1) is 17.8. The molecule has 0 aliphatic rings. The highest BCUT2D eigenvalue weighted by Gasteiger charge is 2.37. The van der Waals surface area contributed by atoms with E-state index < -0.39 is 40.7 Å². The molecule has 0 unspecified atom stereocenters. The normalized spacial score (nSPS) is 18.6. The van der Waals surface area contributed by atoms with Crippen molar-refractivity contribution in [2.75, 3.05) is 6.61 Å². The van der Waals surface area contributed by atoms with Gasteiger partial charge >= 0.3 is 0 Å². The zero-order valence-corrected chi connectivity index (χ0v) is 11.1. The summed E-state index contributed by atoms with van der Waals surface area (Å²) < 4.78 is -2.35. The van der Waals surface area contributed by atoms with Crippen molar-refractivity contribution in [1.29, 1.82) is 0 Å². The molecule has 106 valence electrons. The van der Waals surface area contributed by atoms with Gasteiger partial charge < -0.3 is 30.5 Å². The average molecular weight is 325 g/mol. The SMILES string of the molecule is O=C[C@H](NC(=O)C(Cl)(Cl)Cl)[C@@H](O)[C@H](O)[C@H](O)CO. The lowest BCUT2D eigenvalue weighted by Crippen LogP contribution is -2.55. The first-order valence-electron chi connectivity index (χ1n) is 4.63. The third-order valence-electron chi connectivity index (χ3n) is 2.00. The Labute approximate surface area is 117 Å². The lowest BCUT2D eigenvalue weighted by molar-refractivity contribution is -0.130. The summed E-state index contributed by atoms with van der Waals surface area (Å²) in [6.45, 7) is -0.845. The molecule has 0 saturated carbocycles. The third kappa shape index (κ3) is 5.23. The zero-order valence-electron chi connectivity index (χ0n) is 8.83. The Balaban J connectivity index is 4.69. The van der Waals surface area contributed by atoms with Gasteiger partial charge in [0, 0.05) is 0 Å². The molecule has 18 heavy (non-hydrogen) atoms. The van der Waals surface area contributed by atoms with Crippen molar-refractivity contribution in [1.82, 2.24) is 5.32 Å². The van der Waals surface area contributed by atoms with Crippen molar-refractivity contribution in [3.05, 3.63) is 0 Å². The number of carbonyl (C=O) groups is 2. The number of halogens is 3. The summed E-state index contributed by atoms with van der Waals surface area (Å²) in [4.78, 5) is 21.9. The molecular weight excluding hydrogens is 312 g/mol. The van der Waals surface area contributed by atoms with Gasteiger partial charge in [-0.1, -0.05) is 34.8 Å². The highest BCUT2D eigenvalue weighted by atomic mass is 35.6. The van der Waals surface area contributed by atoms with Gasteiger partial charge in [0.15, 0.2) is 0 Å². The summed E-state index contributed by atoms with van der Waals surface area (Å²) in [5, 5.41) is 38.3. The van der Waals surface area contributed by atoms with Crippen LogP contribution >= 0.6 is 34.8 Å². The van der Waals surface area contributed by atoms with Crippen LogP contribution in [0.25, 0.3) is 0 Å². The smallest absolute Gasteiger partial charge is 0.272 e. The van der Waals surface area contributed by atoms with E-state index in [1.54, 1.807) is 0 Å². The molecule has 0 rings (SSSR count). The third-order valence-corrected chi connectivity index (χ3v) is 2.52. The van der Waals surface area contributed by atoms with Crippen molar-refractivity contribution in [2.45, 2.75) is 28.1 Å². The molecule has 0 radical (unpaired) electrons. The van der Waals surface area contributed by atoms with Crippen LogP contribution in [0.2, 0.25) is 0 Å². The topological polar surface area (TPSA) is 127 Å². The van der Waals surface area contributed by atoms with E-state index in [1.165, 1.54) is 0 Å². The number of rotatable bonds is 6. The quantitative estimate of drug-likeness (QED) is 0.287. The molecule has 1 amide bonds. The fourth-order valence-electron chi connectivity index (χ4n) is 0.981. The van der Waals surface area contributed by atoms with Crippen LogP contribution < -0.4 is 5.32 Å². The Morgan fingerprint density at radius 3 is 2.06 bits per heavy atom. The zero-order chi connectivity index (χ0) is 14.5. The van der Waals surface area contributed by atoms with Crippen LogP contribution in [0.1, 0.15) is 0 Å². The molecule has 0 aromatic heterocycles. The van der Waals surface area contributed by atoms with Crippen molar-refractivity contribution in [2.24, 2.45) is 0 Å². The summed E-state index contributed by atoms with van der Waals surface area (Å²) in [5.74, 6) is -1.19. The number of alkyl halides is 3. The van der Waals surface area contributed by atoms with Gasteiger partial charge in [-0.2, -0.15) is 0 Å². The van der Waals surface area contributed by atoms with Crippen molar-refractivity contribution >= 4 is 47.0 Å². The van der Waals surface area contributed by atoms with Gasteiger partial charge in [0.25, 0.3) is 9.70 Å². The molecule has 0 aromatic rings. The Hall–Kier alpha value is -0.150. The van der Waals surface area contributed by atoms with E-state index in [0.717, 1.165) is 0 Å². The maximum absolute atomic E-state index is 11.2. The van der Waals surface area contributed by atoms with Crippen LogP contribution in [0, 0.1) is 0 Å². The summed E-state index contributed by atoms with van der Waals surface area (Å²) in [7, 11) is 0. The predicted octanol–water partition coefficient (Wildman–Crippen LogP) is -1.88. The Morgan fingerprint density at radius 2 is 1.72 bits per heavy atom. The lowest BCUT2D eigenvalue weighted by Gasteiger charge is -2.27. The summed E-state index contributed by atoms with van der Waals surface area (Å²) in [6, 6.07) is -1.61. The second-order valence-electron chi connectivity index (χ2n) is 3.36. The average Bonchev–Trinajstić information content (AvgIpc) is 2.31. The van der Waals surface area contributed by atoms with Gasteiger partial charge in [0.2, 0.25) is 0 Å². The van der Waals surface area contributed by atoms with Gasteiger partial charge in [-0.05, 0) is 0 Å². The number of aliphatic hydroxyl groups is 4. The van der Waals surface area contributed by atoms with Crippen LogP contribution in [-0.2, 0) is 9.59 Å². The van der Waals surface area contributed by atoms with E-state index in [2.05, 4.69) is 0 Å². The molecule has 0 heterocycles. The van der Waals surface area contributed by atoms with Crippen molar-refractivity contribution < 1.29 is 30.0 Å². The van der Waals surface area contributed by atoms with E-state index in [-0.39, 0.29) is 6.29 Å². The van der Waals surface area contributed by atoms with E-state index in [9.17, 15) is 19.8 Å². The molecule has 0 spiro atoms. The Kier molecular flexibility index (Phi) is 7.38. The number of nitrogens with one attached hydrogen (secondary N) is 1. The van der Waals surface area contributed by atoms with E-state index in [4.69, 9.17) is 45.0 Å². The van der Waals surface area contributed by atoms with Gasteiger partial charge in [0.05, 0.1) is 6.61 Å². The Morgan fingerprint density at radius 1 is 1.22 bits per heavy atom. The van der Waals surface area contributed by atoms with E-state index in [0.29, 0.717) is 0 Å². The first-order chi connectivity index (χ1) is 8.15. The van der Waals surface area contributed by atoms with Crippen molar-refractivity contribution in [3.63, 3.8) is 0 Å². The van der Waals surface area contributed by atoms with E-state index in [1.807, 2.05) is 5.32 Å². The number of carbonyl (C=O) groups excluding carboxylic acids is 2. The first-order valence-corrected chi connectivity index (χ1v) is 5.76. The minimum absolute atomic E-state index is 0.0896. The largest absolute Gasteiger partial charge is 0.394 e. The predicted molar refractivity (Wildman–Crippen MR) is 63.4 cm³/mol. The molecule has 0 bridgehead atoms. The van der Waals surface area contributed by atoms with Crippen LogP contribution in [0.3, 0.4) is 0 Å². The summed E-state index contributed by atoms with van der Waals surface area (Å²) in [6.07, 6.45) is -5.33. The monoisotopic (exact) mass is 323 g/mol. The second kappa shape index (κ2) is 7.44. The van der Waals surface area contributed by atoms with Crippen molar-refractivity contribution in [3.8, 4) is 0 Å². The molecule has 0 saturated heterocycles. The molecule has 0 aliphatic carbocycles. The number of hydrogen-bond acceptors (Lipinski definition) is 6. The molecule has 0 aromatic carbocycles. The number of aliphatic hydroxyl groups excluding tert-OH is 4. The molecule has 0 aliphatic heterocycles. The summed E-state index contributed by atoms with van der Waals surface area (Å²) in [5.41, 5.74) is 0. The van der Waals surface area contributed by atoms with Crippen LogP contribution in [-0.4, -0.2) is 67.4 Å². The number of amides is 1. The summed E-state index contributed by atoms with van der Waals surface area (Å²) >= 11 is 15.7. The van der Waals surface area contributed by atoms with Gasteiger partial charge in [0.1, 0.15) is 30.6 Å². The van der Waals surface area contributed by atoms with E-state index >= 15 is 0 Å². The van der Waals surface area contributed by atoms with Gasteiger partial charge in [-0.25, -0.2) is 0 Å². The molecule has 7 nitrogen and oxygen atoms in total. The van der Waals surface area contributed by atoms with Crippen LogP contribution in [0.4, 0.5) is 0 Å². The van der Waals surface area contributed by atoms with Crippen LogP contribution in [0.15, 0.2) is 0 Å². The minimum Gasteiger partial charge on any atom is -0.394 e. The standard InChI is InChI=1S/C8H12Cl3NO6/c9-8(10,11)7(18)12-3(1-13)5(16)6(17)4(15)2-14/h1,3-6,14-17H,2H2,(H,12,18)/t3-,4+,5+,6+/m0/s1. The van der Waals surface area contributed by atoms with Gasteiger partial charge in [-0.3, -0.25) is 4.79 Å². The molecular formula is C8H12Cl3NO6. The highest BCUT2D eigenvalue weighted by Crippen LogP contribution is 2.26.